The van der Waals surface area contributed by atoms with Crippen LogP contribution in [0, 0.1) is 0 Å². The number of hydrogen-bond acceptors (Lipinski definition) is 3. The molecule has 0 aliphatic carbocycles. The first-order chi connectivity index (χ1) is 5.25. The van der Waals surface area contributed by atoms with E-state index in [9.17, 15) is 4.79 Å². The second-order valence-corrected chi connectivity index (χ2v) is 2.36. The van der Waals surface area contributed by atoms with E-state index in [2.05, 4.69) is 5.10 Å². The fraction of sp³-hybridized carbons (Fsp3) is 0.429. The Bertz CT molecular complexity index is 292. The van der Waals surface area contributed by atoms with Crippen LogP contribution in [-0.4, -0.2) is 9.89 Å². The van der Waals surface area contributed by atoms with Gasteiger partial charge in [-0.15, -0.1) is 4.79 Å². The van der Waals surface area contributed by atoms with Gasteiger partial charge in [0.1, 0.15) is 0 Å². The molecule has 2 N–H and O–H groups in total. The third kappa shape index (κ3) is 1.58. The summed E-state index contributed by atoms with van der Waals surface area (Å²) in [7, 11) is 0. The summed E-state index contributed by atoms with van der Waals surface area (Å²) in [6.45, 7) is 2.01. The van der Waals surface area contributed by atoms with Crippen molar-refractivity contribution in [2.75, 3.05) is 5.84 Å². The minimum absolute atomic E-state index is 0.200. The Morgan fingerprint density at radius 1 is 1.73 bits per heavy atom. The number of aromatic nitrogens is 2. The zero-order valence-corrected chi connectivity index (χ0v) is 6.45. The predicted octanol–water partition coefficient (Wildman–Crippen LogP) is -0.0904. The monoisotopic (exact) mass is 153 g/mol. The van der Waals surface area contributed by atoms with Gasteiger partial charge in [0, 0.05) is 5.56 Å². The molecule has 0 spiro atoms. The maximum Gasteiger partial charge on any atom is 0.288 e. The minimum Gasteiger partial charge on any atom is -0.320 e. The molecule has 1 aromatic rings. The van der Waals surface area contributed by atoms with E-state index in [4.69, 9.17) is 5.84 Å². The fourth-order valence-corrected chi connectivity index (χ4v) is 0.926. The molecule has 4 heteroatoms. The molecule has 0 aliphatic heterocycles. The first-order valence-corrected chi connectivity index (χ1v) is 3.58. The van der Waals surface area contributed by atoms with Crippen LogP contribution in [0.5, 0.6) is 0 Å². The standard InChI is InChI=1S/C7H11N3O/c1-2-3-6-4-5-9-10(8)7(6)11/h4-5H,2-3,8H2,1H3. The van der Waals surface area contributed by atoms with Crippen molar-refractivity contribution in [2.45, 2.75) is 19.8 Å². The molecule has 1 rings (SSSR count). The molecule has 0 aromatic carbocycles. The smallest absolute Gasteiger partial charge is 0.288 e. The van der Waals surface area contributed by atoms with E-state index in [1.54, 1.807) is 6.07 Å². The lowest BCUT2D eigenvalue weighted by atomic mass is 10.2. The van der Waals surface area contributed by atoms with Crippen molar-refractivity contribution in [3.63, 3.8) is 0 Å². The van der Waals surface area contributed by atoms with Gasteiger partial charge in [-0.05, 0) is 12.5 Å². The van der Waals surface area contributed by atoms with Crippen LogP contribution < -0.4 is 11.4 Å². The molecule has 0 saturated carbocycles. The van der Waals surface area contributed by atoms with Gasteiger partial charge in [0.15, 0.2) is 0 Å². The number of nitrogens with zero attached hydrogens (tertiary/aromatic N) is 2. The minimum atomic E-state index is -0.200. The zero-order chi connectivity index (χ0) is 8.27. The van der Waals surface area contributed by atoms with E-state index in [1.807, 2.05) is 6.92 Å². The van der Waals surface area contributed by atoms with E-state index < -0.39 is 0 Å². The van der Waals surface area contributed by atoms with Crippen molar-refractivity contribution in [1.29, 1.82) is 0 Å². The average molecular weight is 153 g/mol. The van der Waals surface area contributed by atoms with Crippen molar-refractivity contribution in [2.24, 2.45) is 0 Å². The van der Waals surface area contributed by atoms with Gasteiger partial charge in [0.25, 0.3) is 5.56 Å². The third-order valence-electron chi connectivity index (χ3n) is 1.47. The molecular weight excluding hydrogens is 142 g/mol. The van der Waals surface area contributed by atoms with Crippen LogP contribution >= 0.6 is 0 Å². The molecule has 0 bridgehead atoms. The van der Waals surface area contributed by atoms with Crippen molar-refractivity contribution in [3.8, 4) is 0 Å². The SMILES string of the molecule is CCCc1ccnn(N)c1=O. The lowest BCUT2D eigenvalue weighted by Crippen LogP contribution is -2.31. The van der Waals surface area contributed by atoms with Gasteiger partial charge in [-0.25, -0.2) is 0 Å². The van der Waals surface area contributed by atoms with Gasteiger partial charge >= 0.3 is 0 Å². The molecule has 0 radical (unpaired) electrons. The van der Waals surface area contributed by atoms with Gasteiger partial charge < -0.3 is 5.84 Å². The maximum atomic E-state index is 11.1. The number of nitrogens with two attached hydrogens (primary N) is 1. The highest BCUT2D eigenvalue weighted by atomic mass is 16.1. The first kappa shape index (κ1) is 7.78. The molecule has 1 aromatic heterocycles. The zero-order valence-electron chi connectivity index (χ0n) is 6.45. The normalized spacial score (nSPS) is 9.91. The van der Waals surface area contributed by atoms with Crippen molar-refractivity contribution >= 4 is 0 Å². The fourth-order valence-electron chi connectivity index (χ4n) is 0.926. The Labute approximate surface area is 64.6 Å². The molecule has 0 saturated heterocycles. The highest BCUT2D eigenvalue weighted by Gasteiger charge is 1.98. The summed E-state index contributed by atoms with van der Waals surface area (Å²) in [4.78, 5) is 12.0. The van der Waals surface area contributed by atoms with Crippen LogP contribution in [0.4, 0.5) is 0 Å². The molecule has 0 atom stereocenters. The molecule has 11 heavy (non-hydrogen) atoms. The lowest BCUT2D eigenvalue weighted by molar-refractivity contribution is 0.736. The number of nitrogen functional groups attached to an aromatic ring is 1. The summed E-state index contributed by atoms with van der Waals surface area (Å²) in [6, 6.07) is 1.70. The molecular formula is C7H11N3O. The number of aryl methyl sites for hydroxylation is 1. The van der Waals surface area contributed by atoms with Gasteiger partial charge in [0.2, 0.25) is 0 Å². The van der Waals surface area contributed by atoms with Crippen molar-refractivity contribution in [3.05, 3.63) is 28.2 Å². The number of rotatable bonds is 2. The lowest BCUT2D eigenvalue weighted by Gasteiger charge is -1.98. The summed E-state index contributed by atoms with van der Waals surface area (Å²) >= 11 is 0. The Morgan fingerprint density at radius 2 is 2.45 bits per heavy atom. The second-order valence-electron chi connectivity index (χ2n) is 2.36. The van der Waals surface area contributed by atoms with Crippen LogP contribution in [0.15, 0.2) is 17.1 Å². The van der Waals surface area contributed by atoms with Gasteiger partial charge in [-0.2, -0.15) is 5.10 Å². The van der Waals surface area contributed by atoms with Crippen LogP contribution in [-0.2, 0) is 6.42 Å². The summed E-state index contributed by atoms with van der Waals surface area (Å²) in [5.41, 5.74) is 0.527. The van der Waals surface area contributed by atoms with Crippen LogP contribution in [0.2, 0.25) is 0 Å². The maximum absolute atomic E-state index is 11.1. The molecule has 0 amide bonds. The Morgan fingerprint density at radius 3 is 3.09 bits per heavy atom. The van der Waals surface area contributed by atoms with Crippen molar-refractivity contribution < 1.29 is 0 Å². The molecule has 0 unspecified atom stereocenters. The molecule has 0 aliphatic rings. The van der Waals surface area contributed by atoms with E-state index in [1.165, 1.54) is 6.20 Å². The van der Waals surface area contributed by atoms with Crippen LogP contribution in [0.1, 0.15) is 18.9 Å². The van der Waals surface area contributed by atoms with Gasteiger partial charge in [-0.1, -0.05) is 13.3 Å². The van der Waals surface area contributed by atoms with E-state index in [0.717, 1.165) is 23.2 Å². The highest BCUT2D eigenvalue weighted by molar-refractivity contribution is 5.06. The van der Waals surface area contributed by atoms with Crippen LogP contribution in [0.3, 0.4) is 0 Å². The first-order valence-electron chi connectivity index (χ1n) is 3.58. The third-order valence-corrected chi connectivity index (χ3v) is 1.47. The summed E-state index contributed by atoms with van der Waals surface area (Å²) in [5.74, 6) is 5.24. The molecule has 60 valence electrons. The van der Waals surface area contributed by atoms with Crippen molar-refractivity contribution in [1.82, 2.24) is 9.89 Å². The van der Waals surface area contributed by atoms with E-state index in [-0.39, 0.29) is 5.56 Å². The quantitative estimate of drug-likeness (QED) is 0.604. The summed E-state index contributed by atoms with van der Waals surface area (Å²) < 4.78 is 0. The number of hydrogen-bond donors (Lipinski definition) is 1. The van der Waals surface area contributed by atoms with E-state index in [0.29, 0.717) is 0 Å². The highest BCUT2D eigenvalue weighted by Crippen LogP contribution is 1.92. The molecule has 0 fully saturated rings. The summed E-state index contributed by atoms with van der Waals surface area (Å²) in [6.07, 6.45) is 3.24. The van der Waals surface area contributed by atoms with E-state index >= 15 is 0 Å². The van der Waals surface area contributed by atoms with Gasteiger partial charge in [-0.3, -0.25) is 4.79 Å². The molecule has 1 heterocycles. The second kappa shape index (κ2) is 3.18. The topological polar surface area (TPSA) is 60.9 Å². The molecule has 4 nitrogen and oxygen atoms in total. The average Bonchev–Trinajstić information content (AvgIpc) is 1.99. The Hall–Kier alpha value is -1.32. The Kier molecular flexibility index (Phi) is 2.25. The van der Waals surface area contributed by atoms with Crippen LogP contribution in [0.25, 0.3) is 0 Å². The summed E-state index contributed by atoms with van der Waals surface area (Å²) in [5, 5.41) is 3.60. The van der Waals surface area contributed by atoms with Gasteiger partial charge in [0.05, 0.1) is 6.20 Å². The Balaban J connectivity index is 3.07. The predicted molar refractivity (Wildman–Crippen MR) is 42.6 cm³/mol. The largest absolute Gasteiger partial charge is 0.320 e.